The number of hydrogen-bond donors (Lipinski definition) is 3. The first-order valence-electron chi connectivity index (χ1n) is 5.82. The van der Waals surface area contributed by atoms with E-state index in [2.05, 4.69) is 17.6 Å². The van der Waals surface area contributed by atoms with Gasteiger partial charge in [0.2, 0.25) is 5.91 Å². The van der Waals surface area contributed by atoms with Crippen molar-refractivity contribution in [2.45, 2.75) is 51.2 Å². The molecule has 3 N–H and O–H groups in total. The van der Waals surface area contributed by atoms with E-state index in [9.17, 15) is 4.79 Å². The Morgan fingerprint density at radius 1 is 1.67 bits per heavy atom. The zero-order valence-corrected chi connectivity index (χ0v) is 9.68. The fourth-order valence-electron chi connectivity index (χ4n) is 2.16. The molecule has 1 fully saturated rings. The smallest absolute Gasteiger partial charge is 0.240 e. The van der Waals surface area contributed by atoms with E-state index in [1.165, 1.54) is 0 Å². The number of hydrogen-bond acceptors (Lipinski definition) is 3. The van der Waals surface area contributed by atoms with E-state index >= 15 is 0 Å². The Morgan fingerprint density at radius 3 is 2.87 bits per heavy atom. The van der Waals surface area contributed by atoms with Crippen LogP contribution in [0.15, 0.2) is 0 Å². The zero-order valence-electron chi connectivity index (χ0n) is 9.68. The maximum atomic E-state index is 12.0. The van der Waals surface area contributed by atoms with Crippen molar-refractivity contribution >= 4 is 5.91 Å². The molecular formula is C11H22N2O2. The molecule has 15 heavy (non-hydrogen) atoms. The second-order valence-corrected chi connectivity index (χ2v) is 4.42. The third-order valence-corrected chi connectivity index (χ3v) is 2.91. The van der Waals surface area contributed by atoms with Gasteiger partial charge in [-0.15, -0.1) is 0 Å². The molecule has 1 aliphatic heterocycles. The second-order valence-electron chi connectivity index (χ2n) is 4.42. The summed E-state index contributed by atoms with van der Waals surface area (Å²) in [4.78, 5) is 12.0. The third-order valence-electron chi connectivity index (χ3n) is 2.91. The summed E-state index contributed by atoms with van der Waals surface area (Å²) >= 11 is 0. The summed E-state index contributed by atoms with van der Waals surface area (Å²) in [6, 6.07) is 0. The number of rotatable bonds is 5. The molecule has 0 aliphatic carbocycles. The minimum Gasteiger partial charge on any atom is -0.392 e. The molecule has 1 saturated heterocycles. The number of nitrogens with one attached hydrogen (secondary N) is 2. The topological polar surface area (TPSA) is 61.4 Å². The minimum atomic E-state index is -0.478. The van der Waals surface area contributed by atoms with Crippen molar-refractivity contribution in [2.24, 2.45) is 0 Å². The molecule has 0 aromatic heterocycles. The van der Waals surface area contributed by atoms with Gasteiger partial charge < -0.3 is 15.7 Å². The molecule has 1 rings (SSSR count). The second kappa shape index (κ2) is 5.47. The van der Waals surface area contributed by atoms with Gasteiger partial charge in [-0.05, 0) is 32.7 Å². The van der Waals surface area contributed by atoms with Crippen LogP contribution in [-0.4, -0.2) is 35.7 Å². The number of carbonyl (C=O) groups excluding carboxylic acids is 1. The SMILES string of the molecule is CCCC1(C(=O)NC[C@H](C)O)CCCN1. The zero-order chi connectivity index (χ0) is 11.3. The lowest BCUT2D eigenvalue weighted by atomic mass is 9.91. The van der Waals surface area contributed by atoms with Crippen LogP contribution in [-0.2, 0) is 4.79 Å². The Labute approximate surface area is 91.4 Å². The molecule has 0 spiro atoms. The van der Waals surface area contributed by atoms with Gasteiger partial charge in [0.15, 0.2) is 0 Å². The quantitative estimate of drug-likeness (QED) is 0.621. The van der Waals surface area contributed by atoms with Crippen molar-refractivity contribution in [2.75, 3.05) is 13.1 Å². The van der Waals surface area contributed by atoms with Crippen molar-refractivity contribution in [3.63, 3.8) is 0 Å². The van der Waals surface area contributed by atoms with Crippen LogP contribution in [0.2, 0.25) is 0 Å². The summed E-state index contributed by atoms with van der Waals surface area (Å²) in [5.41, 5.74) is -0.371. The summed E-state index contributed by atoms with van der Waals surface area (Å²) in [6.07, 6.45) is 3.36. The molecule has 0 aromatic rings. The highest BCUT2D eigenvalue weighted by atomic mass is 16.3. The first kappa shape index (κ1) is 12.5. The molecule has 0 aromatic carbocycles. The van der Waals surface area contributed by atoms with Gasteiger partial charge >= 0.3 is 0 Å². The Balaban J connectivity index is 2.51. The van der Waals surface area contributed by atoms with E-state index in [-0.39, 0.29) is 11.4 Å². The molecule has 1 amide bonds. The monoisotopic (exact) mass is 214 g/mol. The average molecular weight is 214 g/mol. The maximum Gasteiger partial charge on any atom is 0.240 e. The van der Waals surface area contributed by atoms with Gasteiger partial charge in [-0.25, -0.2) is 0 Å². The van der Waals surface area contributed by atoms with Crippen LogP contribution in [0.4, 0.5) is 0 Å². The van der Waals surface area contributed by atoms with Gasteiger partial charge in [0.1, 0.15) is 0 Å². The standard InChI is InChI=1S/C11H22N2O2/c1-3-5-11(6-4-7-13-11)10(15)12-8-9(2)14/h9,13-14H,3-8H2,1-2H3,(H,12,15)/t9-,11?/m0/s1. The van der Waals surface area contributed by atoms with Crippen LogP contribution in [0.25, 0.3) is 0 Å². The van der Waals surface area contributed by atoms with Gasteiger partial charge in [0, 0.05) is 6.54 Å². The molecule has 1 unspecified atom stereocenters. The minimum absolute atomic E-state index is 0.0442. The van der Waals surface area contributed by atoms with Gasteiger partial charge in [-0.1, -0.05) is 13.3 Å². The van der Waals surface area contributed by atoms with E-state index in [4.69, 9.17) is 5.11 Å². The lowest BCUT2D eigenvalue weighted by Crippen LogP contribution is -2.54. The summed E-state index contributed by atoms with van der Waals surface area (Å²) in [7, 11) is 0. The van der Waals surface area contributed by atoms with Crippen molar-refractivity contribution in [1.29, 1.82) is 0 Å². The predicted octanol–water partition coefficient (Wildman–Crippen LogP) is 0.406. The number of aliphatic hydroxyl groups excluding tert-OH is 1. The summed E-state index contributed by atoms with van der Waals surface area (Å²) < 4.78 is 0. The fraction of sp³-hybridized carbons (Fsp3) is 0.909. The molecule has 0 radical (unpaired) electrons. The van der Waals surface area contributed by atoms with E-state index in [0.29, 0.717) is 6.54 Å². The lowest BCUT2D eigenvalue weighted by Gasteiger charge is -2.28. The Kier molecular flexibility index (Phi) is 4.54. The first-order chi connectivity index (χ1) is 7.10. The number of aliphatic hydroxyl groups is 1. The molecule has 1 heterocycles. The van der Waals surface area contributed by atoms with E-state index in [0.717, 1.165) is 32.2 Å². The van der Waals surface area contributed by atoms with E-state index in [1.54, 1.807) is 6.92 Å². The summed E-state index contributed by atoms with van der Waals surface area (Å²) in [5.74, 6) is 0.0442. The van der Waals surface area contributed by atoms with Crippen LogP contribution < -0.4 is 10.6 Å². The van der Waals surface area contributed by atoms with Gasteiger partial charge in [0.25, 0.3) is 0 Å². The van der Waals surface area contributed by atoms with Gasteiger partial charge in [-0.3, -0.25) is 4.79 Å². The van der Waals surface area contributed by atoms with Crippen LogP contribution in [0.3, 0.4) is 0 Å². The molecular weight excluding hydrogens is 192 g/mol. The normalized spacial score (nSPS) is 27.7. The van der Waals surface area contributed by atoms with Crippen LogP contribution in [0, 0.1) is 0 Å². The van der Waals surface area contributed by atoms with E-state index in [1.807, 2.05) is 0 Å². The highest BCUT2D eigenvalue weighted by molar-refractivity contribution is 5.86. The van der Waals surface area contributed by atoms with E-state index < -0.39 is 6.10 Å². The molecule has 4 heteroatoms. The highest BCUT2D eigenvalue weighted by Crippen LogP contribution is 2.24. The Bertz CT molecular complexity index is 211. The summed E-state index contributed by atoms with van der Waals surface area (Å²) in [6.45, 7) is 5.02. The highest BCUT2D eigenvalue weighted by Gasteiger charge is 2.39. The van der Waals surface area contributed by atoms with Gasteiger partial charge in [0.05, 0.1) is 11.6 Å². The van der Waals surface area contributed by atoms with Crippen LogP contribution in [0.5, 0.6) is 0 Å². The summed E-state index contributed by atoms with van der Waals surface area (Å²) in [5, 5.41) is 15.2. The van der Waals surface area contributed by atoms with Crippen LogP contribution >= 0.6 is 0 Å². The molecule has 4 nitrogen and oxygen atoms in total. The molecule has 1 aliphatic rings. The number of amides is 1. The van der Waals surface area contributed by atoms with Crippen molar-refractivity contribution in [3.8, 4) is 0 Å². The maximum absolute atomic E-state index is 12.0. The predicted molar refractivity (Wildman–Crippen MR) is 59.6 cm³/mol. The van der Waals surface area contributed by atoms with Crippen molar-refractivity contribution in [3.05, 3.63) is 0 Å². The van der Waals surface area contributed by atoms with Gasteiger partial charge in [-0.2, -0.15) is 0 Å². The first-order valence-corrected chi connectivity index (χ1v) is 5.82. The molecule has 0 saturated carbocycles. The fourth-order valence-corrected chi connectivity index (χ4v) is 2.16. The molecule has 2 atom stereocenters. The van der Waals surface area contributed by atoms with Crippen molar-refractivity contribution < 1.29 is 9.90 Å². The third kappa shape index (κ3) is 3.18. The van der Waals surface area contributed by atoms with Crippen LogP contribution in [0.1, 0.15) is 39.5 Å². The lowest BCUT2D eigenvalue weighted by molar-refractivity contribution is -0.127. The molecule has 88 valence electrons. The average Bonchev–Trinajstić information content (AvgIpc) is 2.64. The van der Waals surface area contributed by atoms with Crippen molar-refractivity contribution in [1.82, 2.24) is 10.6 Å². The Morgan fingerprint density at radius 2 is 2.40 bits per heavy atom. The Hall–Kier alpha value is -0.610. The molecule has 0 bridgehead atoms. The number of carbonyl (C=O) groups is 1. The largest absolute Gasteiger partial charge is 0.392 e.